The average Bonchev–Trinajstić information content (AvgIpc) is 3.42. The molecule has 48 heavy (non-hydrogen) atoms. The highest BCUT2D eigenvalue weighted by Crippen LogP contribution is 2.38. The maximum absolute atomic E-state index is 14.1. The zero-order chi connectivity index (χ0) is 33.6. The Morgan fingerprint density at radius 1 is 0.875 bits per heavy atom. The fourth-order valence-electron chi connectivity index (χ4n) is 5.91. The van der Waals surface area contributed by atoms with E-state index in [1.165, 1.54) is 12.1 Å². The quantitative estimate of drug-likeness (QED) is 0.214. The summed E-state index contributed by atoms with van der Waals surface area (Å²) in [5.41, 5.74) is 5.83. The van der Waals surface area contributed by atoms with Crippen LogP contribution in [-0.4, -0.2) is 74.3 Å². The van der Waals surface area contributed by atoms with Crippen molar-refractivity contribution >= 4 is 46.1 Å². The molecule has 2 aliphatic rings. The molecule has 0 radical (unpaired) electrons. The van der Waals surface area contributed by atoms with Crippen molar-refractivity contribution in [3.8, 4) is 0 Å². The Hall–Kier alpha value is -5.32. The number of piperazine rings is 1. The minimum absolute atomic E-state index is 0.0159. The first-order valence-electron chi connectivity index (χ1n) is 16.0. The zero-order valence-electron chi connectivity index (χ0n) is 27.1. The van der Waals surface area contributed by atoms with Crippen molar-refractivity contribution in [2.45, 2.75) is 13.0 Å². The summed E-state index contributed by atoms with van der Waals surface area (Å²) in [5.74, 6) is -0.880. The smallest absolute Gasteiger partial charge is 0.258 e. The van der Waals surface area contributed by atoms with Gasteiger partial charge in [-0.3, -0.25) is 19.3 Å². The fraction of sp³-hybridized carbons (Fsp3) is 0.237. The number of anilines is 3. The van der Waals surface area contributed by atoms with Crippen LogP contribution in [0.5, 0.6) is 0 Å². The van der Waals surface area contributed by atoms with E-state index >= 15 is 0 Å². The number of hydrogen-bond donors (Lipinski definition) is 3. The number of benzene rings is 4. The van der Waals surface area contributed by atoms with Gasteiger partial charge in [0.05, 0.1) is 29.9 Å². The van der Waals surface area contributed by atoms with Crippen LogP contribution in [0.3, 0.4) is 0 Å². The molecule has 9 nitrogen and oxygen atoms in total. The Bertz CT molecular complexity index is 1840. The molecule has 0 atom stereocenters. The van der Waals surface area contributed by atoms with E-state index in [4.69, 9.17) is 0 Å². The van der Waals surface area contributed by atoms with Crippen molar-refractivity contribution in [1.29, 1.82) is 0 Å². The lowest BCUT2D eigenvalue weighted by Crippen LogP contribution is -2.48. The Kier molecular flexibility index (Phi) is 9.94. The van der Waals surface area contributed by atoms with Crippen LogP contribution in [-0.2, 0) is 27.3 Å². The average molecular weight is 647 g/mol. The third-order valence-corrected chi connectivity index (χ3v) is 8.74. The van der Waals surface area contributed by atoms with Gasteiger partial charge >= 0.3 is 0 Å². The first kappa shape index (κ1) is 32.6. The summed E-state index contributed by atoms with van der Waals surface area (Å²) in [6, 6.07) is 28.8. The second kappa shape index (κ2) is 14.6. The highest BCUT2D eigenvalue weighted by molar-refractivity contribution is 6.37. The molecule has 1 saturated heterocycles. The molecular weight excluding hydrogens is 607 g/mol. The predicted molar refractivity (Wildman–Crippen MR) is 188 cm³/mol. The zero-order valence-corrected chi connectivity index (χ0v) is 27.1. The van der Waals surface area contributed by atoms with Gasteiger partial charge in [-0.05, 0) is 72.3 Å². The van der Waals surface area contributed by atoms with Gasteiger partial charge in [0.15, 0.2) is 0 Å². The number of likely N-dealkylation sites (N-methyl/N-ethyl adjacent to an activating group) is 2. The maximum Gasteiger partial charge on any atom is 0.258 e. The second-order valence-electron chi connectivity index (χ2n) is 12.2. The molecule has 2 heterocycles. The van der Waals surface area contributed by atoms with Crippen LogP contribution in [0.2, 0.25) is 0 Å². The van der Waals surface area contributed by atoms with Crippen LogP contribution in [0.1, 0.15) is 22.3 Å². The summed E-state index contributed by atoms with van der Waals surface area (Å²) in [4.78, 5) is 45.2. The van der Waals surface area contributed by atoms with E-state index < -0.39 is 5.82 Å². The Morgan fingerprint density at radius 3 is 2.35 bits per heavy atom. The van der Waals surface area contributed by atoms with E-state index in [1.807, 2.05) is 78.9 Å². The first-order valence-corrected chi connectivity index (χ1v) is 16.0. The third-order valence-electron chi connectivity index (χ3n) is 8.74. The Morgan fingerprint density at radius 2 is 1.60 bits per heavy atom. The fourth-order valence-corrected chi connectivity index (χ4v) is 5.91. The van der Waals surface area contributed by atoms with Crippen LogP contribution in [0.4, 0.5) is 21.5 Å². The molecule has 2 aliphatic heterocycles. The van der Waals surface area contributed by atoms with E-state index in [2.05, 4.69) is 32.8 Å². The number of carbonyl (C=O) groups excluding carboxylic acids is 3. The second-order valence-corrected chi connectivity index (χ2v) is 12.2. The minimum atomic E-state index is -0.445. The molecule has 0 unspecified atom stereocenters. The van der Waals surface area contributed by atoms with Crippen molar-refractivity contribution in [2.75, 3.05) is 62.4 Å². The van der Waals surface area contributed by atoms with Crippen LogP contribution < -0.4 is 20.9 Å². The number of hydrogen-bond acceptors (Lipinski definition) is 6. The van der Waals surface area contributed by atoms with Crippen molar-refractivity contribution in [1.82, 2.24) is 15.1 Å². The molecule has 0 bridgehead atoms. The molecule has 246 valence electrons. The van der Waals surface area contributed by atoms with Crippen molar-refractivity contribution in [3.63, 3.8) is 0 Å². The van der Waals surface area contributed by atoms with Crippen LogP contribution in [0.25, 0.3) is 11.3 Å². The molecule has 0 aromatic heterocycles. The molecule has 3 amide bonds. The third kappa shape index (κ3) is 7.79. The van der Waals surface area contributed by atoms with E-state index in [0.717, 1.165) is 48.6 Å². The van der Waals surface area contributed by atoms with Gasteiger partial charge in [0, 0.05) is 56.7 Å². The number of nitrogens with zero attached hydrogens (tertiary/aromatic N) is 3. The summed E-state index contributed by atoms with van der Waals surface area (Å²) >= 11 is 0. The first-order chi connectivity index (χ1) is 23.2. The van der Waals surface area contributed by atoms with Crippen LogP contribution >= 0.6 is 0 Å². The molecule has 10 heteroatoms. The van der Waals surface area contributed by atoms with Gasteiger partial charge in [0.2, 0.25) is 11.8 Å². The molecule has 0 saturated carbocycles. The minimum Gasteiger partial charge on any atom is -0.354 e. The van der Waals surface area contributed by atoms with Crippen molar-refractivity contribution in [2.24, 2.45) is 0 Å². The number of nitrogens with one attached hydrogen (secondary N) is 3. The molecule has 3 N–H and O–H groups in total. The summed E-state index contributed by atoms with van der Waals surface area (Å²) in [5, 5.41) is 9.21. The lowest BCUT2D eigenvalue weighted by atomic mass is 9.98. The van der Waals surface area contributed by atoms with Gasteiger partial charge in [0.1, 0.15) is 5.82 Å². The van der Waals surface area contributed by atoms with Crippen molar-refractivity contribution < 1.29 is 18.8 Å². The van der Waals surface area contributed by atoms with Gasteiger partial charge in [-0.1, -0.05) is 48.5 Å². The normalized spacial score (nSPS) is 15.8. The highest BCUT2D eigenvalue weighted by Gasteiger charge is 2.29. The summed E-state index contributed by atoms with van der Waals surface area (Å²) in [7, 11) is 3.86. The van der Waals surface area contributed by atoms with Gasteiger partial charge in [-0.2, -0.15) is 0 Å². The van der Waals surface area contributed by atoms with E-state index in [1.54, 1.807) is 18.0 Å². The standard InChI is InChI=1S/C38H39FN6O3/c1-43-17-19-45(20-18-43)25-35(47)44(2)31-14-12-30(13-15-31)41-37(36-32-16-11-29(39)23-33(32)42-38(36)48)28-10-6-9-27(21-28)24-40-34(46)22-26-7-4-3-5-8-26/h3-16,21,23,41H,17-20,22,24-25H2,1-2H3,(H,40,46)(H,42,48)/b37-36-. The summed E-state index contributed by atoms with van der Waals surface area (Å²) in [6.45, 7) is 4.27. The van der Waals surface area contributed by atoms with Gasteiger partial charge in [0.25, 0.3) is 5.91 Å². The number of rotatable bonds is 10. The molecule has 0 spiro atoms. The molecule has 0 aliphatic carbocycles. The van der Waals surface area contributed by atoms with Gasteiger partial charge < -0.3 is 25.8 Å². The Labute approximate surface area is 280 Å². The number of amides is 3. The lowest BCUT2D eigenvalue weighted by molar-refractivity contribution is -0.121. The van der Waals surface area contributed by atoms with E-state index in [-0.39, 0.29) is 24.1 Å². The van der Waals surface area contributed by atoms with Crippen LogP contribution in [0.15, 0.2) is 97.1 Å². The number of fused-ring (bicyclic) bond motifs is 1. The number of carbonyl (C=O) groups is 3. The predicted octanol–water partition coefficient (Wildman–Crippen LogP) is 4.83. The Balaban J connectivity index is 1.23. The summed E-state index contributed by atoms with van der Waals surface area (Å²) < 4.78 is 14.1. The molecule has 4 aromatic carbocycles. The van der Waals surface area contributed by atoms with Crippen LogP contribution in [0, 0.1) is 5.82 Å². The largest absolute Gasteiger partial charge is 0.354 e. The number of halogens is 1. The SMILES string of the molecule is CN1CCN(CC(=O)N(C)c2ccc(N/C(=C3\C(=O)Nc4cc(F)ccc43)c3cccc(CNC(=O)Cc4ccccc4)c3)cc2)CC1. The summed E-state index contributed by atoms with van der Waals surface area (Å²) in [6.07, 6.45) is 0.275. The maximum atomic E-state index is 14.1. The van der Waals surface area contributed by atoms with Crippen molar-refractivity contribution in [3.05, 3.63) is 125 Å². The van der Waals surface area contributed by atoms with E-state index in [0.29, 0.717) is 41.3 Å². The molecule has 4 aromatic rings. The van der Waals surface area contributed by atoms with Gasteiger partial charge in [-0.15, -0.1) is 0 Å². The lowest BCUT2D eigenvalue weighted by Gasteiger charge is -2.32. The molecule has 1 fully saturated rings. The topological polar surface area (TPSA) is 97.0 Å². The monoisotopic (exact) mass is 646 g/mol. The molecular formula is C38H39FN6O3. The van der Waals surface area contributed by atoms with Gasteiger partial charge in [-0.25, -0.2) is 4.39 Å². The highest BCUT2D eigenvalue weighted by atomic mass is 19.1. The molecule has 6 rings (SSSR count). The van der Waals surface area contributed by atoms with E-state index in [9.17, 15) is 18.8 Å².